The first-order valence-corrected chi connectivity index (χ1v) is 10.7. The summed E-state index contributed by atoms with van der Waals surface area (Å²) in [7, 11) is 1.33. The second-order valence-corrected chi connectivity index (χ2v) is 8.46. The first-order chi connectivity index (χ1) is 13.1. The summed E-state index contributed by atoms with van der Waals surface area (Å²) in [6.45, 7) is 0. The summed E-state index contributed by atoms with van der Waals surface area (Å²) in [6, 6.07) is 7.06. The number of anilines is 2. The molecule has 1 heterocycles. The topological polar surface area (TPSA) is 93.2 Å². The van der Waals surface area contributed by atoms with E-state index in [1.165, 1.54) is 62.3 Å². The van der Waals surface area contributed by atoms with Crippen LogP contribution in [-0.4, -0.2) is 41.0 Å². The van der Waals surface area contributed by atoms with Crippen LogP contribution in [-0.2, 0) is 9.53 Å². The average molecular weight is 407 g/mol. The molecule has 3 rings (SSSR count). The van der Waals surface area contributed by atoms with Gasteiger partial charge in [0.1, 0.15) is 0 Å². The molecule has 1 saturated carbocycles. The number of methoxy groups -OCH3 is 1. The number of carbonyl (C=O) groups excluding carboxylic acids is 2. The Morgan fingerprint density at radius 1 is 1.19 bits per heavy atom. The molecule has 7 nitrogen and oxygen atoms in total. The fraction of sp³-hybridized carbons (Fsp3) is 0.444. The highest BCUT2D eigenvalue weighted by molar-refractivity contribution is 8.01. The van der Waals surface area contributed by atoms with Crippen molar-refractivity contribution in [3.63, 3.8) is 0 Å². The molecule has 1 fully saturated rings. The smallest absolute Gasteiger partial charge is 0.337 e. The van der Waals surface area contributed by atoms with Gasteiger partial charge in [0.25, 0.3) is 0 Å². The second kappa shape index (κ2) is 9.70. The Kier molecular flexibility index (Phi) is 7.05. The number of ether oxygens (including phenoxy) is 1. The molecule has 1 amide bonds. The highest BCUT2D eigenvalue weighted by atomic mass is 32.2. The van der Waals surface area contributed by atoms with E-state index in [9.17, 15) is 9.59 Å². The summed E-state index contributed by atoms with van der Waals surface area (Å²) in [6.07, 6.45) is 6.20. The van der Waals surface area contributed by atoms with Crippen molar-refractivity contribution in [2.45, 2.75) is 42.5 Å². The van der Waals surface area contributed by atoms with E-state index in [1.54, 1.807) is 24.3 Å². The zero-order valence-electron chi connectivity index (χ0n) is 15.1. The summed E-state index contributed by atoms with van der Waals surface area (Å²) in [5.41, 5.74) is 1.07. The van der Waals surface area contributed by atoms with Gasteiger partial charge in [-0.05, 0) is 37.1 Å². The molecule has 2 aromatic rings. The first kappa shape index (κ1) is 19.6. The predicted molar refractivity (Wildman–Crippen MR) is 108 cm³/mol. The number of aromatic nitrogens is 2. The minimum atomic E-state index is -0.405. The zero-order chi connectivity index (χ0) is 19.1. The Bertz CT molecular complexity index is 773. The summed E-state index contributed by atoms with van der Waals surface area (Å²) in [5.74, 6) is -0.295. The molecular weight excluding hydrogens is 384 g/mol. The summed E-state index contributed by atoms with van der Waals surface area (Å²) < 4.78 is 5.42. The van der Waals surface area contributed by atoms with Gasteiger partial charge in [-0.25, -0.2) is 4.79 Å². The predicted octanol–water partition coefficient (Wildman–Crippen LogP) is 3.80. The van der Waals surface area contributed by atoms with Crippen LogP contribution in [0.3, 0.4) is 0 Å². The van der Waals surface area contributed by atoms with Crippen molar-refractivity contribution in [3.8, 4) is 0 Å². The number of nitrogens with one attached hydrogen (secondary N) is 2. The normalized spacial score (nSPS) is 14.6. The van der Waals surface area contributed by atoms with Crippen molar-refractivity contribution in [1.82, 2.24) is 10.2 Å². The first-order valence-electron chi connectivity index (χ1n) is 8.85. The van der Waals surface area contributed by atoms with Crippen LogP contribution < -0.4 is 10.6 Å². The van der Waals surface area contributed by atoms with E-state index in [-0.39, 0.29) is 11.7 Å². The third-order valence-corrected chi connectivity index (χ3v) is 6.24. The molecule has 1 aliphatic rings. The van der Waals surface area contributed by atoms with E-state index in [1.807, 2.05) is 0 Å². The second-order valence-electron chi connectivity index (χ2n) is 6.26. The SMILES string of the molecule is COC(=O)c1ccc(NC(=O)CSc2nnc(NC3CCCCC3)s2)cc1. The Labute approximate surface area is 166 Å². The Hall–Kier alpha value is -2.13. The van der Waals surface area contributed by atoms with Gasteiger partial charge >= 0.3 is 5.97 Å². The number of hydrogen-bond acceptors (Lipinski definition) is 8. The van der Waals surface area contributed by atoms with Crippen molar-refractivity contribution in [1.29, 1.82) is 0 Å². The maximum Gasteiger partial charge on any atom is 0.337 e. The lowest BCUT2D eigenvalue weighted by atomic mass is 9.96. The van der Waals surface area contributed by atoms with E-state index in [0.717, 1.165) is 9.47 Å². The highest BCUT2D eigenvalue weighted by Gasteiger charge is 2.15. The molecule has 144 valence electrons. The lowest BCUT2D eigenvalue weighted by Crippen LogP contribution is -2.21. The molecule has 9 heteroatoms. The third-order valence-electron chi connectivity index (χ3n) is 4.26. The van der Waals surface area contributed by atoms with E-state index in [4.69, 9.17) is 0 Å². The maximum atomic E-state index is 12.1. The van der Waals surface area contributed by atoms with Crippen molar-refractivity contribution in [3.05, 3.63) is 29.8 Å². The zero-order valence-corrected chi connectivity index (χ0v) is 16.7. The summed E-state index contributed by atoms with van der Waals surface area (Å²) in [4.78, 5) is 23.5. The largest absolute Gasteiger partial charge is 0.465 e. The van der Waals surface area contributed by atoms with Gasteiger partial charge in [-0.1, -0.05) is 42.4 Å². The van der Waals surface area contributed by atoms with Crippen molar-refractivity contribution >= 4 is 45.8 Å². The monoisotopic (exact) mass is 406 g/mol. The number of rotatable bonds is 7. The van der Waals surface area contributed by atoms with Gasteiger partial charge in [0.05, 0.1) is 18.4 Å². The van der Waals surface area contributed by atoms with Gasteiger partial charge in [0.15, 0.2) is 4.34 Å². The lowest BCUT2D eigenvalue weighted by molar-refractivity contribution is -0.113. The Morgan fingerprint density at radius 2 is 1.93 bits per heavy atom. The van der Waals surface area contributed by atoms with Gasteiger partial charge < -0.3 is 15.4 Å². The van der Waals surface area contributed by atoms with Crippen LogP contribution in [0.1, 0.15) is 42.5 Å². The van der Waals surface area contributed by atoms with E-state index < -0.39 is 5.97 Å². The molecular formula is C18H22N4O3S2. The number of hydrogen-bond donors (Lipinski definition) is 2. The van der Waals surface area contributed by atoms with Crippen LogP contribution in [0.4, 0.5) is 10.8 Å². The van der Waals surface area contributed by atoms with E-state index in [2.05, 4.69) is 25.6 Å². The maximum absolute atomic E-state index is 12.1. The van der Waals surface area contributed by atoms with Crippen LogP contribution in [0, 0.1) is 0 Å². The van der Waals surface area contributed by atoms with Gasteiger partial charge in [-0.3, -0.25) is 4.79 Å². The molecule has 2 N–H and O–H groups in total. The molecule has 27 heavy (non-hydrogen) atoms. The summed E-state index contributed by atoms with van der Waals surface area (Å²) in [5, 5.41) is 15.4. The standard InChI is InChI=1S/C18H22N4O3S2/c1-25-16(24)12-7-9-14(10-8-12)19-15(23)11-26-18-22-21-17(27-18)20-13-5-3-2-4-6-13/h7-10,13H,2-6,11H2,1H3,(H,19,23)(H,20,21). The fourth-order valence-corrected chi connectivity index (χ4v) is 4.51. The molecule has 0 spiro atoms. The van der Waals surface area contributed by atoms with E-state index in [0.29, 0.717) is 17.3 Å². The fourth-order valence-electron chi connectivity index (χ4n) is 2.88. The minimum Gasteiger partial charge on any atom is -0.465 e. The van der Waals surface area contributed by atoms with Crippen molar-refractivity contribution < 1.29 is 14.3 Å². The van der Waals surface area contributed by atoms with E-state index >= 15 is 0 Å². The van der Waals surface area contributed by atoms with Crippen molar-refractivity contribution in [2.24, 2.45) is 0 Å². The van der Waals surface area contributed by atoms with Gasteiger partial charge in [0, 0.05) is 11.7 Å². The van der Waals surface area contributed by atoms with Crippen LogP contribution in [0.25, 0.3) is 0 Å². The number of benzene rings is 1. The third kappa shape index (κ3) is 5.93. The Balaban J connectivity index is 1.44. The van der Waals surface area contributed by atoms with Crippen LogP contribution in [0.2, 0.25) is 0 Å². The molecule has 0 saturated heterocycles. The molecule has 1 aliphatic carbocycles. The number of amides is 1. The lowest BCUT2D eigenvalue weighted by Gasteiger charge is -2.21. The molecule has 1 aromatic carbocycles. The number of carbonyl (C=O) groups is 2. The number of thioether (sulfide) groups is 1. The highest BCUT2D eigenvalue weighted by Crippen LogP contribution is 2.28. The number of esters is 1. The van der Waals surface area contributed by atoms with Crippen LogP contribution in [0.5, 0.6) is 0 Å². The molecule has 0 radical (unpaired) electrons. The Morgan fingerprint density at radius 3 is 2.63 bits per heavy atom. The molecule has 0 unspecified atom stereocenters. The molecule has 0 bridgehead atoms. The van der Waals surface area contributed by atoms with Gasteiger partial charge in [-0.2, -0.15) is 0 Å². The van der Waals surface area contributed by atoms with Crippen LogP contribution in [0.15, 0.2) is 28.6 Å². The molecule has 1 aromatic heterocycles. The van der Waals surface area contributed by atoms with Crippen LogP contribution >= 0.6 is 23.1 Å². The number of nitrogens with zero attached hydrogens (tertiary/aromatic N) is 2. The van der Waals surface area contributed by atoms with Crippen molar-refractivity contribution in [2.75, 3.05) is 23.5 Å². The average Bonchev–Trinajstić information content (AvgIpc) is 3.14. The van der Waals surface area contributed by atoms with Gasteiger partial charge in [0.2, 0.25) is 11.0 Å². The minimum absolute atomic E-state index is 0.136. The van der Waals surface area contributed by atoms with Gasteiger partial charge in [-0.15, -0.1) is 10.2 Å². The summed E-state index contributed by atoms with van der Waals surface area (Å²) >= 11 is 2.84. The quantitative estimate of drug-likeness (QED) is 0.533. The molecule has 0 aliphatic heterocycles. The molecule has 0 atom stereocenters.